The SMILES string of the molecule is CCC(C)C(NC(=O)OC(C)(C)C)C(=O)N(C(C)CC)C(C(=O)Nc1c(C)cccc1C)c1cc(C)ccc1C. The topological polar surface area (TPSA) is 87.7 Å². The molecule has 7 nitrogen and oxygen atoms in total. The fraction of sp³-hybridized carbons (Fsp3) is 0.545. The van der Waals surface area contributed by atoms with E-state index >= 15 is 0 Å². The van der Waals surface area contributed by atoms with E-state index in [2.05, 4.69) is 10.6 Å². The van der Waals surface area contributed by atoms with E-state index in [1.165, 1.54) is 0 Å². The average Bonchev–Trinajstić information content (AvgIpc) is 2.87. The van der Waals surface area contributed by atoms with E-state index in [1.54, 1.807) is 25.7 Å². The van der Waals surface area contributed by atoms with Gasteiger partial charge in [0.25, 0.3) is 5.91 Å². The summed E-state index contributed by atoms with van der Waals surface area (Å²) >= 11 is 0. The van der Waals surface area contributed by atoms with Crippen molar-refractivity contribution < 1.29 is 19.1 Å². The molecule has 0 radical (unpaired) electrons. The first kappa shape index (κ1) is 32.9. The van der Waals surface area contributed by atoms with Crippen molar-refractivity contribution in [1.29, 1.82) is 0 Å². The number of anilines is 1. The van der Waals surface area contributed by atoms with Crippen molar-refractivity contribution in [2.24, 2.45) is 5.92 Å². The van der Waals surface area contributed by atoms with Crippen LogP contribution in [0.3, 0.4) is 0 Å². The van der Waals surface area contributed by atoms with Crippen LogP contribution in [0.4, 0.5) is 10.5 Å². The number of hydrogen-bond acceptors (Lipinski definition) is 4. The van der Waals surface area contributed by atoms with Crippen LogP contribution in [0.5, 0.6) is 0 Å². The lowest BCUT2D eigenvalue weighted by atomic mass is 9.92. The number of para-hydroxylation sites is 1. The number of nitrogens with zero attached hydrogens (tertiary/aromatic N) is 1. The molecule has 0 aliphatic carbocycles. The molecule has 0 saturated carbocycles. The normalized spacial score (nSPS) is 14.5. The third-order valence-corrected chi connectivity index (χ3v) is 7.46. The summed E-state index contributed by atoms with van der Waals surface area (Å²) < 4.78 is 5.51. The summed E-state index contributed by atoms with van der Waals surface area (Å²) in [7, 11) is 0. The Balaban J connectivity index is 2.69. The lowest BCUT2D eigenvalue weighted by Gasteiger charge is -2.40. The number of aryl methyl sites for hydroxylation is 4. The Morgan fingerprint density at radius 1 is 0.900 bits per heavy atom. The summed E-state index contributed by atoms with van der Waals surface area (Å²) in [5.41, 5.74) is 4.58. The van der Waals surface area contributed by atoms with Crippen molar-refractivity contribution in [1.82, 2.24) is 10.2 Å². The Morgan fingerprint density at radius 3 is 2.02 bits per heavy atom. The monoisotopic (exact) mass is 551 g/mol. The Kier molecular flexibility index (Phi) is 11.4. The van der Waals surface area contributed by atoms with Gasteiger partial charge in [0.1, 0.15) is 17.7 Å². The standard InChI is InChI=1S/C33H49N3O4/c1-12-21(4)28(35-32(39)40-33(9,10)11)31(38)36(25(8)13-2)29(26-19-20(3)17-18-22(26)5)30(37)34-27-23(6)15-14-16-24(27)7/h14-19,21,25,28-29H,12-13H2,1-11H3,(H,34,37)(H,35,39). The van der Waals surface area contributed by atoms with Crippen LogP contribution in [-0.4, -0.2) is 40.5 Å². The van der Waals surface area contributed by atoms with Gasteiger partial charge in [-0.1, -0.05) is 69.2 Å². The Labute approximate surface area is 241 Å². The van der Waals surface area contributed by atoms with Crippen LogP contribution < -0.4 is 10.6 Å². The van der Waals surface area contributed by atoms with Gasteiger partial charge < -0.3 is 20.3 Å². The fourth-order valence-electron chi connectivity index (χ4n) is 4.75. The minimum absolute atomic E-state index is 0.187. The molecule has 0 heterocycles. The number of benzene rings is 2. The number of rotatable bonds is 10. The number of alkyl carbamates (subject to hydrolysis) is 1. The van der Waals surface area contributed by atoms with Crippen LogP contribution in [0, 0.1) is 33.6 Å². The van der Waals surface area contributed by atoms with E-state index in [-0.39, 0.29) is 23.8 Å². The number of amides is 3. The highest BCUT2D eigenvalue weighted by molar-refractivity contribution is 6.00. The summed E-state index contributed by atoms with van der Waals surface area (Å²) in [4.78, 5) is 43.4. The zero-order valence-corrected chi connectivity index (χ0v) is 26.3. The molecule has 40 heavy (non-hydrogen) atoms. The van der Waals surface area contributed by atoms with E-state index < -0.39 is 23.8 Å². The zero-order valence-electron chi connectivity index (χ0n) is 26.3. The Morgan fingerprint density at radius 2 is 1.50 bits per heavy atom. The number of hydrogen-bond donors (Lipinski definition) is 2. The fourth-order valence-corrected chi connectivity index (χ4v) is 4.75. The van der Waals surface area contributed by atoms with Crippen molar-refractivity contribution in [3.8, 4) is 0 Å². The summed E-state index contributed by atoms with van der Waals surface area (Å²) in [6, 6.07) is 9.77. The van der Waals surface area contributed by atoms with E-state index in [0.717, 1.165) is 33.5 Å². The Bertz CT molecular complexity index is 1180. The largest absolute Gasteiger partial charge is 0.444 e. The number of carbonyl (C=O) groups is 3. The van der Waals surface area contributed by atoms with Gasteiger partial charge in [0, 0.05) is 11.7 Å². The molecule has 2 rings (SSSR count). The van der Waals surface area contributed by atoms with Crippen molar-refractivity contribution in [2.45, 2.75) is 113 Å². The third kappa shape index (κ3) is 8.33. The first-order valence-corrected chi connectivity index (χ1v) is 14.4. The number of nitrogens with one attached hydrogen (secondary N) is 2. The van der Waals surface area contributed by atoms with Gasteiger partial charge in [-0.25, -0.2) is 4.79 Å². The quantitative estimate of drug-likeness (QED) is 0.328. The predicted molar refractivity (Wildman–Crippen MR) is 162 cm³/mol. The van der Waals surface area contributed by atoms with Gasteiger partial charge in [-0.05, 0) is 90.0 Å². The number of carbonyl (C=O) groups excluding carboxylic acids is 3. The molecule has 0 bridgehead atoms. The lowest BCUT2D eigenvalue weighted by Crippen LogP contribution is -2.57. The molecular weight excluding hydrogens is 502 g/mol. The second-order valence-corrected chi connectivity index (χ2v) is 12.0. The van der Waals surface area contributed by atoms with Gasteiger partial charge in [-0.3, -0.25) is 9.59 Å². The van der Waals surface area contributed by atoms with Crippen molar-refractivity contribution in [3.63, 3.8) is 0 Å². The summed E-state index contributed by atoms with van der Waals surface area (Å²) in [5, 5.41) is 5.99. The van der Waals surface area contributed by atoms with Crippen LogP contribution in [-0.2, 0) is 14.3 Å². The van der Waals surface area contributed by atoms with Crippen LogP contribution in [0.15, 0.2) is 36.4 Å². The molecule has 2 aromatic rings. The van der Waals surface area contributed by atoms with Gasteiger partial charge in [-0.15, -0.1) is 0 Å². The average molecular weight is 552 g/mol. The molecule has 4 unspecified atom stereocenters. The minimum Gasteiger partial charge on any atom is -0.444 e. The van der Waals surface area contributed by atoms with Crippen LogP contribution >= 0.6 is 0 Å². The molecule has 4 atom stereocenters. The Hall–Kier alpha value is -3.35. The van der Waals surface area contributed by atoms with Gasteiger partial charge in [0.05, 0.1) is 0 Å². The summed E-state index contributed by atoms with van der Waals surface area (Å²) in [6.07, 6.45) is 0.630. The summed E-state index contributed by atoms with van der Waals surface area (Å²) in [6.45, 7) is 21.0. The molecule has 7 heteroatoms. The second kappa shape index (κ2) is 13.8. The molecule has 0 aromatic heterocycles. The maximum Gasteiger partial charge on any atom is 0.408 e. The van der Waals surface area contributed by atoms with E-state index in [4.69, 9.17) is 4.74 Å². The van der Waals surface area contributed by atoms with E-state index in [1.807, 2.05) is 91.8 Å². The highest BCUT2D eigenvalue weighted by Crippen LogP contribution is 2.32. The predicted octanol–water partition coefficient (Wildman–Crippen LogP) is 7.17. The molecule has 0 spiro atoms. The van der Waals surface area contributed by atoms with Crippen molar-refractivity contribution in [2.75, 3.05) is 5.32 Å². The maximum atomic E-state index is 14.5. The molecule has 0 aliphatic heterocycles. The van der Waals surface area contributed by atoms with Gasteiger partial charge in [0.15, 0.2) is 0 Å². The lowest BCUT2D eigenvalue weighted by molar-refractivity contribution is -0.144. The smallest absolute Gasteiger partial charge is 0.408 e. The van der Waals surface area contributed by atoms with Crippen molar-refractivity contribution in [3.05, 3.63) is 64.2 Å². The van der Waals surface area contributed by atoms with E-state index in [0.29, 0.717) is 12.8 Å². The molecule has 2 N–H and O–H groups in total. The molecule has 220 valence electrons. The molecule has 0 aliphatic rings. The molecule has 3 amide bonds. The molecular formula is C33H49N3O4. The van der Waals surface area contributed by atoms with Crippen molar-refractivity contribution >= 4 is 23.6 Å². The first-order chi connectivity index (χ1) is 18.6. The zero-order chi connectivity index (χ0) is 30.4. The van der Waals surface area contributed by atoms with Gasteiger partial charge >= 0.3 is 6.09 Å². The highest BCUT2D eigenvalue weighted by Gasteiger charge is 2.40. The highest BCUT2D eigenvalue weighted by atomic mass is 16.6. The summed E-state index contributed by atoms with van der Waals surface area (Å²) in [5.74, 6) is -0.787. The molecule has 0 saturated heterocycles. The first-order valence-electron chi connectivity index (χ1n) is 14.4. The van der Waals surface area contributed by atoms with Gasteiger partial charge in [0.2, 0.25) is 5.91 Å². The number of ether oxygens (including phenoxy) is 1. The van der Waals surface area contributed by atoms with Crippen LogP contribution in [0.1, 0.15) is 95.2 Å². The van der Waals surface area contributed by atoms with E-state index in [9.17, 15) is 14.4 Å². The second-order valence-electron chi connectivity index (χ2n) is 12.0. The minimum atomic E-state index is -0.909. The van der Waals surface area contributed by atoms with Crippen LogP contribution in [0.2, 0.25) is 0 Å². The molecule has 0 fully saturated rings. The van der Waals surface area contributed by atoms with Gasteiger partial charge in [-0.2, -0.15) is 0 Å². The third-order valence-electron chi connectivity index (χ3n) is 7.46. The maximum absolute atomic E-state index is 14.5. The van der Waals surface area contributed by atoms with Crippen LogP contribution in [0.25, 0.3) is 0 Å². The molecule has 2 aromatic carbocycles.